The molecule has 0 aliphatic heterocycles. The van der Waals surface area contributed by atoms with Crippen molar-refractivity contribution in [1.82, 2.24) is 10.6 Å². The van der Waals surface area contributed by atoms with E-state index in [0.29, 0.717) is 11.1 Å². The summed E-state index contributed by atoms with van der Waals surface area (Å²) in [6, 6.07) is 14.8. The van der Waals surface area contributed by atoms with E-state index in [0.717, 1.165) is 0 Å². The van der Waals surface area contributed by atoms with Gasteiger partial charge in [-0.3, -0.25) is 9.59 Å². The number of alkyl carbamates (subject to hydrolysis) is 1. The lowest BCUT2D eigenvalue weighted by Crippen LogP contribution is -2.39. The third-order valence-corrected chi connectivity index (χ3v) is 4.70. The van der Waals surface area contributed by atoms with E-state index in [1.807, 2.05) is 18.2 Å². The minimum Gasteiger partial charge on any atom is -0.507 e. The number of rotatable bonds is 6. The maximum Gasteiger partial charge on any atom is 0.407 e. The van der Waals surface area contributed by atoms with Gasteiger partial charge < -0.3 is 20.5 Å². The molecule has 7 nitrogen and oxygen atoms in total. The molecule has 2 aromatic rings. The van der Waals surface area contributed by atoms with E-state index in [1.54, 1.807) is 51.1 Å². The second-order valence-electron chi connectivity index (χ2n) is 8.19. The molecule has 0 bridgehead atoms. The van der Waals surface area contributed by atoms with Gasteiger partial charge in [0.2, 0.25) is 11.6 Å². The molecule has 162 valence electrons. The molecule has 0 saturated carbocycles. The average Bonchev–Trinajstić information content (AvgIpc) is 2.73. The van der Waals surface area contributed by atoms with Crippen molar-refractivity contribution in [3.63, 3.8) is 0 Å². The van der Waals surface area contributed by atoms with Crippen molar-refractivity contribution in [3.8, 4) is 0 Å². The summed E-state index contributed by atoms with van der Waals surface area (Å²) in [5.41, 5.74) is 0.612. The number of carbonyl (C=O) groups is 3. The summed E-state index contributed by atoms with van der Waals surface area (Å²) in [7, 11) is 0. The summed E-state index contributed by atoms with van der Waals surface area (Å²) in [5, 5.41) is 16.7. The van der Waals surface area contributed by atoms with Crippen LogP contribution in [0.25, 0.3) is 5.76 Å². The lowest BCUT2D eigenvalue weighted by Gasteiger charge is -2.26. The molecule has 0 aromatic heterocycles. The smallest absolute Gasteiger partial charge is 0.407 e. The Kier molecular flexibility index (Phi) is 6.56. The van der Waals surface area contributed by atoms with Crippen molar-refractivity contribution in [3.05, 3.63) is 76.9 Å². The van der Waals surface area contributed by atoms with Crippen LogP contribution in [0.2, 0.25) is 0 Å². The van der Waals surface area contributed by atoms with Gasteiger partial charge in [0.25, 0.3) is 0 Å². The van der Waals surface area contributed by atoms with Crippen LogP contribution in [0.4, 0.5) is 4.79 Å². The summed E-state index contributed by atoms with van der Waals surface area (Å²) >= 11 is 0. The number of ether oxygens (including phenoxy) is 1. The number of aliphatic hydroxyl groups excluding tert-OH is 1. The molecule has 1 aliphatic rings. The van der Waals surface area contributed by atoms with Crippen LogP contribution in [-0.2, 0) is 9.53 Å². The fourth-order valence-electron chi connectivity index (χ4n) is 3.38. The minimum atomic E-state index is -0.752. The highest BCUT2D eigenvalue weighted by Gasteiger charge is 2.37. The number of ketones is 2. The number of carbonyl (C=O) groups excluding carboxylic acids is 3. The number of nitrogens with one attached hydrogen (secondary N) is 2. The molecule has 0 fully saturated rings. The lowest BCUT2D eigenvalue weighted by molar-refractivity contribution is -0.112. The van der Waals surface area contributed by atoms with Crippen molar-refractivity contribution in [2.75, 3.05) is 13.1 Å². The van der Waals surface area contributed by atoms with Crippen LogP contribution in [0.3, 0.4) is 0 Å². The summed E-state index contributed by atoms with van der Waals surface area (Å²) in [4.78, 5) is 37.4. The first-order chi connectivity index (χ1) is 14.7. The van der Waals surface area contributed by atoms with E-state index in [2.05, 4.69) is 10.6 Å². The number of benzene rings is 2. The van der Waals surface area contributed by atoms with E-state index < -0.39 is 29.3 Å². The van der Waals surface area contributed by atoms with Crippen molar-refractivity contribution in [2.45, 2.75) is 32.4 Å². The second kappa shape index (κ2) is 9.14. The van der Waals surface area contributed by atoms with E-state index in [1.165, 1.54) is 6.07 Å². The molecular formula is C24H26N2O5. The Morgan fingerprint density at radius 1 is 0.935 bits per heavy atom. The quantitative estimate of drug-likeness (QED) is 0.486. The average molecular weight is 422 g/mol. The standard InChI is InChI=1S/C24H26N2O5/c1-24(2,3)31-23(30)26-14-13-25-19(15-9-5-4-6-10-15)18-20(27)16-11-7-8-12-17(16)21(28)22(18)29/h4-12,19,25,27H,13-14H2,1-3H3,(H,26,30). The summed E-state index contributed by atoms with van der Waals surface area (Å²) in [6.45, 7) is 5.82. The van der Waals surface area contributed by atoms with Crippen LogP contribution in [-0.4, -0.2) is 41.5 Å². The highest BCUT2D eigenvalue weighted by molar-refractivity contribution is 6.52. The van der Waals surface area contributed by atoms with Crippen molar-refractivity contribution >= 4 is 23.4 Å². The van der Waals surface area contributed by atoms with Crippen LogP contribution in [0.5, 0.6) is 0 Å². The zero-order valence-corrected chi connectivity index (χ0v) is 17.8. The highest BCUT2D eigenvalue weighted by atomic mass is 16.6. The molecule has 7 heteroatoms. The van der Waals surface area contributed by atoms with Gasteiger partial charge in [-0.2, -0.15) is 0 Å². The van der Waals surface area contributed by atoms with Crippen LogP contribution in [0, 0.1) is 0 Å². The number of hydrogen-bond donors (Lipinski definition) is 3. The predicted molar refractivity (Wildman–Crippen MR) is 117 cm³/mol. The zero-order chi connectivity index (χ0) is 22.6. The monoisotopic (exact) mass is 422 g/mol. The third kappa shape index (κ3) is 5.19. The van der Waals surface area contributed by atoms with Gasteiger partial charge in [0.05, 0.1) is 11.6 Å². The van der Waals surface area contributed by atoms with Crippen molar-refractivity contribution in [2.24, 2.45) is 0 Å². The van der Waals surface area contributed by atoms with E-state index >= 15 is 0 Å². The fraction of sp³-hybridized carbons (Fsp3) is 0.292. The molecule has 0 radical (unpaired) electrons. The topological polar surface area (TPSA) is 105 Å². The van der Waals surface area contributed by atoms with Crippen molar-refractivity contribution in [1.29, 1.82) is 0 Å². The number of Topliss-reactive ketones (excluding diaryl/α,β-unsaturated/α-hetero) is 2. The van der Waals surface area contributed by atoms with E-state index in [4.69, 9.17) is 4.74 Å². The number of aliphatic hydroxyl groups is 1. The van der Waals surface area contributed by atoms with E-state index in [-0.39, 0.29) is 30.0 Å². The predicted octanol–water partition coefficient (Wildman–Crippen LogP) is 3.58. The highest BCUT2D eigenvalue weighted by Crippen LogP contribution is 2.34. The molecule has 1 aliphatic carbocycles. The third-order valence-electron chi connectivity index (χ3n) is 4.70. The van der Waals surface area contributed by atoms with Crippen LogP contribution < -0.4 is 10.6 Å². The first kappa shape index (κ1) is 22.2. The lowest BCUT2D eigenvalue weighted by atomic mass is 9.83. The van der Waals surface area contributed by atoms with Gasteiger partial charge in [-0.15, -0.1) is 0 Å². The van der Waals surface area contributed by atoms with Gasteiger partial charge in [-0.25, -0.2) is 4.79 Å². The second-order valence-corrected chi connectivity index (χ2v) is 8.19. The zero-order valence-electron chi connectivity index (χ0n) is 17.8. The molecule has 2 aromatic carbocycles. The molecule has 1 atom stereocenters. The molecule has 1 unspecified atom stereocenters. The molecule has 3 rings (SSSR count). The van der Waals surface area contributed by atoms with Gasteiger partial charge in [0.15, 0.2) is 0 Å². The molecule has 1 amide bonds. The number of hydrogen-bond acceptors (Lipinski definition) is 6. The Balaban J connectivity index is 1.85. The van der Waals surface area contributed by atoms with Gasteiger partial charge in [-0.05, 0) is 26.3 Å². The Hall–Kier alpha value is -3.45. The largest absolute Gasteiger partial charge is 0.507 e. The molecule has 0 spiro atoms. The number of fused-ring (bicyclic) bond motifs is 1. The summed E-state index contributed by atoms with van der Waals surface area (Å²) < 4.78 is 5.21. The maximum atomic E-state index is 12.9. The molecule has 0 heterocycles. The Labute approximate surface area is 181 Å². The Morgan fingerprint density at radius 3 is 2.19 bits per heavy atom. The molecule has 3 N–H and O–H groups in total. The fourth-order valence-corrected chi connectivity index (χ4v) is 3.38. The van der Waals surface area contributed by atoms with Crippen molar-refractivity contribution < 1.29 is 24.2 Å². The SMILES string of the molecule is CC(C)(C)OC(=O)NCCNC(C1=C(O)c2ccccc2C(=O)C1=O)c1ccccc1. The maximum absolute atomic E-state index is 12.9. The summed E-state index contributed by atoms with van der Waals surface area (Å²) in [5.74, 6) is -1.63. The summed E-state index contributed by atoms with van der Waals surface area (Å²) in [6.07, 6.45) is -0.550. The van der Waals surface area contributed by atoms with Gasteiger partial charge in [0, 0.05) is 24.2 Å². The van der Waals surface area contributed by atoms with Crippen LogP contribution >= 0.6 is 0 Å². The van der Waals surface area contributed by atoms with Crippen LogP contribution in [0.1, 0.15) is 48.3 Å². The van der Waals surface area contributed by atoms with Gasteiger partial charge in [-0.1, -0.05) is 54.6 Å². The van der Waals surface area contributed by atoms with E-state index in [9.17, 15) is 19.5 Å². The molecule has 0 saturated heterocycles. The first-order valence-corrected chi connectivity index (χ1v) is 10.1. The van der Waals surface area contributed by atoms with Gasteiger partial charge in [0.1, 0.15) is 11.4 Å². The normalized spacial score (nSPS) is 14.8. The van der Waals surface area contributed by atoms with Gasteiger partial charge >= 0.3 is 6.09 Å². The molecule has 31 heavy (non-hydrogen) atoms. The molecular weight excluding hydrogens is 396 g/mol. The van der Waals surface area contributed by atoms with Crippen LogP contribution in [0.15, 0.2) is 60.2 Å². The Bertz CT molecular complexity index is 1020. The first-order valence-electron chi connectivity index (χ1n) is 10.1. The Morgan fingerprint density at radius 2 is 1.55 bits per heavy atom. The minimum absolute atomic E-state index is 0.00725. The number of amides is 1.